The molecule has 13 atom stereocenters. The number of ketones is 1. The maximum atomic E-state index is 11.8. The maximum absolute atomic E-state index is 11.8. The van der Waals surface area contributed by atoms with E-state index >= 15 is 0 Å². The van der Waals surface area contributed by atoms with Crippen LogP contribution < -0.4 is 4.90 Å². The fraction of sp³-hybridized carbons (Fsp3) is 0.814. The predicted molar refractivity (Wildman–Crippen MR) is 344 cm³/mol. The lowest BCUT2D eigenvalue weighted by molar-refractivity contribution is -0.172. The summed E-state index contributed by atoms with van der Waals surface area (Å²) in [7, 11) is 4.07. The molecule has 1 aromatic rings. The molecule has 0 aromatic heterocycles. The standard InChI is InChI=1S/C30H47NO2.C26H50O4.C8H17NO2.C2H4O.2C2H6/c1-23(22-32)20-31(21-27-13-14-27)28-16-15-26(19-25(28)3)12-8-6-7-9-18-33-29-24(2)11-10-17-30(29,4)5;1-11-20(6)26(10,30)24(29)18(4)14-13-17(3)15-25(8,9)16-19(5)23(28)21(7)22(27)12-2;1-6-4-7(9(2)3)5-8(10)11-6;1-2-3;2*1-2/h15-16,19-20,22,24,27,29H,6-14,17-18,21H2,1-5H3;12,17-21,23-24,28-30H,2,11,13-16H2,1,3-10H3;6-8,10H,4-5H2,1-3H3;2H,1H3;2*1-2H3/b23-20-;;;;;/t24?,29-;17-,18?,19+,20+,21?,23-,24-,26+;;;;/m00..../s1. The molecule has 6 unspecified atom stereocenters. The van der Waals surface area contributed by atoms with Crippen molar-refractivity contribution in [2.45, 2.75) is 290 Å². The lowest BCUT2D eigenvalue weighted by atomic mass is 9.70. The van der Waals surface area contributed by atoms with E-state index in [1.807, 2.05) is 89.5 Å². The first-order chi connectivity index (χ1) is 37.9. The normalized spacial score (nSPS) is 23.0. The predicted octanol–water partition coefficient (Wildman–Crippen LogP) is 15.7. The topological polar surface area (TPSA) is 157 Å². The molecular weight excluding hydrogens is 1010 g/mol. The number of unbranched alkanes of at least 4 members (excludes halogenated alkanes) is 3. The molecule has 2 aliphatic carbocycles. The number of allylic oxidation sites excluding steroid dienone is 2. The van der Waals surface area contributed by atoms with Crippen LogP contribution in [0.4, 0.5) is 5.69 Å². The van der Waals surface area contributed by atoms with Gasteiger partial charge in [0.05, 0.1) is 30.0 Å². The molecule has 474 valence electrons. The number of hydrogen-bond acceptors (Lipinski definition) is 11. The monoisotopic (exact) mass is 1140 g/mol. The molecule has 1 aromatic carbocycles. The van der Waals surface area contributed by atoms with Crippen molar-refractivity contribution in [1.29, 1.82) is 0 Å². The van der Waals surface area contributed by atoms with Crippen molar-refractivity contribution in [3.05, 3.63) is 53.8 Å². The molecule has 11 nitrogen and oxygen atoms in total. The molecule has 0 bridgehead atoms. The van der Waals surface area contributed by atoms with E-state index in [1.54, 1.807) is 13.8 Å². The van der Waals surface area contributed by atoms with Crippen LogP contribution in [-0.2, 0) is 30.3 Å². The minimum absolute atomic E-state index is 0.0254. The number of anilines is 1. The first-order valence-corrected chi connectivity index (χ1v) is 32.2. The number of hydrogen-bond donors (Lipinski definition) is 4. The molecule has 1 aliphatic heterocycles. The number of benzene rings is 1. The van der Waals surface area contributed by atoms with Crippen LogP contribution in [0.25, 0.3) is 0 Å². The molecule has 3 aliphatic rings. The lowest BCUT2D eigenvalue weighted by Crippen LogP contribution is -2.48. The molecule has 3 fully saturated rings. The quantitative estimate of drug-likeness (QED) is 0.0344. The van der Waals surface area contributed by atoms with Crippen LogP contribution >= 0.6 is 0 Å². The second-order valence-corrected chi connectivity index (χ2v) is 26.3. The van der Waals surface area contributed by atoms with Gasteiger partial charge in [-0.05, 0) is 189 Å². The van der Waals surface area contributed by atoms with Crippen molar-refractivity contribution < 1.29 is 44.3 Å². The molecule has 81 heavy (non-hydrogen) atoms. The van der Waals surface area contributed by atoms with Crippen molar-refractivity contribution in [3.63, 3.8) is 0 Å². The van der Waals surface area contributed by atoms with E-state index in [9.17, 15) is 30.0 Å². The van der Waals surface area contributed by atoms with E-state index in [4.69, 9.17) is 14.3 Å². The van der Waals surface area contributed by atoms with E-state index in [0.717, 1.165) is 88.6 Å². The zero-order chi connectivity index (χ0) is 62.8. The number of aliphatic hydroxyl groups is 4. The van der Waals surface area contributed by atoms with Crippen LogP contribution in [0.2, 0.25) is 0 Å². The first kappa shape index (κ1) is 80.3. The van der Waals surface area contributed by atoms with Gasteiger partial charge < -0.3 is 44.5 Å². The lowest BCUT2D eigenvalue weighted by Gasteiger charge is -2.42. The Kier molecular flexibility index (Phi) is 41.7. The molecular formula is C70H130N2O9. The van der Waals surface area contributed by atoms with Crippen molar-refractivity contribution in [1.82, 2.24) is 4.90 Å². The maximum Gasteiger partial charge on any atom is 0.160 e. The van der Waals surface area contributed by atoms with E-state index < -0.39 is 30.0 Å². The van der Waals surface area contributed by atoms with Crippen LogP contribution in [0.15, 0.2) is 42.6 Å². The molecule has 4 rings (SSSR count). The molecule has 1 saturated heterocycles. The molecule has 4 N–H and O–H groups in total. The van der Waals surface area contributed by atoms with Gasteiger partial charge in [0.15, 0.2) is 12.1 Å². The summed E-state index contributed by atoms with van der Waals surface area (Å²) >= 11 is 0. The number of aldehydes is 2. The highest BCUT2D eigenvalue weighted by molar-refractivity contribution is 5.91. The Morgan fingerprint density at radius 2 is 1.51 bits per heavy atom. The Morgan fingerprint density at radius 3 is 2.01 bits per heavy atom. The Bertz CT molecular complexity index is 1850. The van der Waals surface area contributed by atoms with Gasteiger partial charge in [0.1, 0.15) is 12.6 Å². The number of carbonyl (C=O) groups excluding carboxylic acids is 3. The number of nitrogens with zero attached hydrogens (tertiary/aromatic N) is 2. The molecule has 11 heteroatoms. The SMILES string of the molecule is C/C(C=O)=C/N(CC1CC1)c1ccc(CCCCCCO[C@H]2C(C)CCCC2(C)C)cc1C.C=CC(=O)C(C)[C@@H](O)[C@H](C)CC(C)(C)C[C@@H](C)CCC(C)[C@H](O)[C@](C)(O)[C@H](C)CC.CC.CC.CC1CC(N(C)C)CC(O)O1.CC=O. The second kappa shape index (κ2) is 42.1. The number of carbonyl (C=O) groups is 3. The number of aliphatic hydroxyl groups excluding tert-OH is 3. The van der Waals surface area contributed by atoms with Crippen LogP contribution in [-0.4, -0.2) is 113 Å². The van der Waals surface area contributed by atoms with Crippen molar-refractivity contribution in [2.75, 3.05) is 32.1 Å². The third-order valence-electron chi connectivity index (χ3n) is 17.3. The van der Waals surface area contributed by atoms with Crippen LogP contribution in [0.5, 0.6) is 0 Å². The second-order valence-electron chi connectivity index (χ2n) is 26.3. The van der Waals surface area contributed by atoms with Crippen LogP contribution in [0.3, 0.4) is 0 Å². The van der Waals surface area contributed by atoms with Gasteiger partial charge in [0.2, 0.25) is 0 Å². The minimum atomic E-state index is -1.07. The van der Waals surface area contributed by atoms with Crippen molar-refractivity contribution in [3.8, 4) is 0 Å². The van der Waals surface area contributed by atoms with E-state index in [2.05, 4.69) is 83.0 Å². The minimum Gasteiger partial charge on any atom is -0.392 e. The highest BCUT2D eigenvalue weighted by Gasteiger charge is 2.39. The zero-order valence-corrected chi connectivity index (χ0v) is 56.4. The van der Waals surface area contributed by atoms with Gasteiger partial charge in [-0.15, -0.1) is 0 Å². The summed E-state index contributed by atoms with van der Waals surface area (Å²) in [6.45, 7) is 46.4. The summed E-state index contributed by atoms with van der Waals surface area (Å²) in [5.41, 5.74) is 4.06. The molecule has 0 amide bonds. The van der Waals surface area contributed by atoms with Gasteiger partial charge in [0, 0.05) is 49.0 Å². The average Bonchev–Trinajstić information content (AvgIpc) is 4.24. The van der Waals surface area contributed by atoms with Gasteiger partial charge >= 0.3 is 0 Å². The van der Waals surface area contributed by atoms with Crippen molar-refractivity contribution in [2.24, 2.45) is 52.3 Å². The van der Waals surface area contributed by atoms with E-state index in [1.165, 1.54) is 87.6 Å². The summed E-state index contributed by atoms with van der Waals surface area (Å²) in [5.74, 6) is 1.51. The van der Waals surface area contributed by atoms with E-state index in [0.29, 0.717) is 29.4 Å². The number of ether oxygens (including phenoxy) is 2. The average molecular weight is 1140 g/mol. The molecule has 1 heterocycles. The van der Waals surface area contributed by atoms with Crippen LogP contribution in [0.1, 0.15) is 245 Å². The fourth-order valence-electron chi connectivity index (χ4n) is 12.1. The summed E-state index contributed by atoms with van der Waals surface area (Å²) in [5, 5.41) is 41.2. The van der Waals surface area contributed by atoms with E-state index in [-0.39, 0.29) is 35.1 Å². The van der Waals surface area contributed by atoms with Crippen molar-refractivity contribution >= 4 is 24.0 Å². The summed E-state index contributed by atoms with van der Waals surface area (Å²) < 4.78 is 11.6. The molecule has 0 radical (unpaired) electrons. The van der Waals surface area contributed by atoms with Gasteiger partial charge in [-0.1, -0.05) is 155 Å². The van der Waals surface area contributed by atoms with Gasteiger partial charge in [-0.2, -0.15) is 0 Å². The third-order valence-corrected chi connectivity index (χ3v) is 17.3. The van der Waals surface area contributed by atoms with Gasteiger partial charge in [-0.3, -0.25) is 9.59 Å². The zero-order valence-electron chi connectivity index (χ0n) is 56.4. The Labute approximate surface area is 499 Å². The smallest absolute Gasteiger partial charge is 0.160 e. The van der Waals surface area contributed by atoms with Gasteiger partial charge in [-0.25, -0.2) is 0 Å². The molecule has 0 spiro atoms. The summed E-state index contributed by atoms with van der Waals surface area (Å²) in [4.78, 5) is 36.2. The highest BCUT2D eigenvalue weighted by Crippen LogP contribution is 2.41. The largest absolute Gasteiger partial charge is 0.392 e. The fourth-order valence-corrected chi connectivity index (χ4v) is 12.1. The first-order valence-electron chi connectivity index (χ1n) is 32.2. The van der Waals surface area contributed by atoms with Crippen LogP contribution in [0, 0.1) is 59.2 Å². The summed E-state index contributed by atoms with van der Waals surface area (Å²) in [6.07, 6.45) is 22.6. The number of aryl methyl sites for hydroxylation is 2. The Balaban J connectivity index is 0. The highest BCUT2D eigenvalue weighted by atomic mass is 16.6. The third kappa shape index (κ3) is 31.8. The number of rotatable bonds is 29. The molecule has 2 saturated carbocycles. The Hall–Kier alpha value is -2.77. The van der Waals surface area contributed by atoms with Gasteiger partial charge in [0.25, 0.3) is 0 Å². The summed E-state index contributed by atoms with van der Waals surface area (Å²) in [6, 6.07) is 7.34. The Morgan fingerprint density at radius 1 is 0.914 bits per heavy atom.